The molecule has 0 aliphatic carbocycles. The smallest absolute Gasteiger partial charge is 0.335 e. The molecule has 1 N–H and O–H groups in total. The molecular weight excluding hydrogens is 252 g/mol. The number of nitrogens with zero attached hydrogens (tertiary/aromatic N) is 2. The van der Waals surface area contributed by atoms with E-state index in [-0.39, 0.29) is 5.56 Å². The highest BCUT2D eigenvalue weighted by molar-refractivity contribution is 6.33. The maximum absolute atomic E-state index is 10.9. The first-order valence-corrected chi connectivity index (χ1v) is 5.83. The van der Waals surface area contributed by atoms with Crippen LogP contribution < -0.4 is 0 Å². The van der Waals surface area contributed by atoms with E-state index in [4.69, 9.17) is 16.7 Å². The van der Waals surface area contributed by atoms with E-state index in [0.29, 0.717) is 5.02 Å². The van der Waals surface area contributed by atoms with E-state index in [1.807, 2.05) is 20.9 Å². The molecule has 0 aliphatic heterocycles. The Morgan fingerprint density at radius 1 is 1.39 bits per heavy atom. The molecule has 18 heavy (non-hydrogen) atoms. The van der Waals surface area contributed by atoms with Gasteiger partial charge in [-0.3, -0.25) is 4.68 Å². The van der Waals surface area contributed by atoms with Crippen LogP contribution in [-0.4, -0.2) is 20.9 Å². The zero-order chi connectivity index (χ0) is 13.4. The molecule has 0 unspecified atom stereocenters. The lowest BCUT2D eigenvalue weighted by Gasteiger charge is -2.06. The minimum Gasteiger partial charge on any atom is -0.478 e. The van der Waals surface area contributed by atoms with Gasteiger partial charge < -0.3 is 5.11 Å². The first-order valence-electron chi connectivity index (χ1n) is 5.45. The van der Waals surface area contributed by atoms with Crippen molar-refractivity contribution in [1.82, 2.24) is 9.78 Å². The van der Waals surface area contributed by atoms with E-state index in [2.05, 4.69) is 5.10 Å². The van der Waals surface area contributed by atoms with E-state index < -0.39 is 5.97 Å². The van der Waals surface area contributed by atoms with Crippen LogP contribution in [0.4, 0.5) is 0 Å². The second-order valence-electron chi connectivity index (χ2n) is 4.17. The highest BCUT2D eigenvalue weighted by atomic mass is 35.5. The average Bonchev–Trinajstić information content (AvgIpc) is 2.54. The molecule has 94 valence electrons. The summed E-state index contributed by atoms with van der Waals surface area (Å²) < 4.78 is 1.78. The number of hydrogen-bond donors (Lipinski definition) is 1. The fourth-order valence-corrected chi connectivity index (χ4v) is 2.29. The van der Waals surface area contributed by atoms with Crippen LogP contribution in [0, 0.1) is 13.8 Å². The SMILES string of the molecule is Cc1nn(C)c(C)c1-c1ccc(C(=O)O)cc1Cl. The number of carboxylic acids is 1. The summed E-state index contributed by atoms with van der Waals surface area (Å²) in [5.74, 6) is -0.983. The van der Waals surface area contributed by atoms with E-state index in [1.165, 1.54) is 6.07 Å². The number of rotatable bonds is 2. The van der Waals surface area contributed by atoms with Crippen molar-refractivity contribution in [3.63, 3.8) is 0 Å². The van der Waals surface area contributed by atoms with Crippen LogP contribution in [0.5, 0.6) is 0 Å². The van der Waals surface area contributed by atoms with Crippen LogP contribution in [0.25, 0.3) is 11.1 Å². The molecule has 0 saturated heterocycles. The van der Waals surface area contributed by atoms with Gasteiger partial charge in [-0.25, -0.2) is 4.79 Å². The highest BCUT2D eigenvalue weighted by Gasteiger charge is 2.15. The number of carbonyl (C=O) groups is 1. The van der Waals surface area contributed by atoms with Crippen LogP contribution in [0.2, 0.25) is 5.02 Å². The molecular formula is C13H13ClN2O2. The Hall–Kier alpha value is -1.81. The molecule has 0 spiro atoms. The summed E-state index contributed by atoms with van der Waals surface area (Å²) in [5, 5.41) is 13.7. The third-order valence-electron chi connectivity index (χ3n) is 2.99. The molecule has 2 aromatic rings. The number of aromatic carboxylic acids is 1. The molecule has 1 heterocycles. The van der Waals surface area contributed by atoms with Crippen molar-refractivity contribution < 1.29 is 9.90 Å². The minimum atomic E-state index is -0.983. The number of hydrogen-bond acceptors (Lipinski definition) is 2. The van der Waals surface area contributed by atoms with E-state index in [0.717, 1.165) is 22.5 Å². The Morgan fingerprint density at radius 2 is 2.06 bits per heavy atom. The Balaban J connectivity index is 2.62. The molecule has 0 saturated carbocycles. The summed E-state index contributed by atoms with van der Waals surface area (Å²) >= 11 is 6.16. The van der Waals surface area contributed by atoms with Gasteiger partial charge in [0.2, 0.25) is 0 Å². The molecule has 0 atom stereocenters. The first kappa shape index (κ1) is 12.6. The summed E-state index contributed by atoms with van der Waals surface area (Å²) in [6.07, 6.45) is 0. The molecule has 0 radical (unpaired) electrons. The highest BCUT2D eigenvalue weighted by Crippen LogP contribution is 2.33. The van der Waals surface area contributed by atoms with Crippen molar-refractivity contribution in [2.75, 3.05) is 0 Å². The fourth-order valence-electron chi connectivity index (χ4n) is 2.01. The molecule has 0 fully saturated rings. The van der Waals surface area contributed by atoms with Crippen LogP contribution >= 0.6 is 11.6 Å². The monoisotopic (exact) mass is 264 g/mol. The number of benzene rings is 1. The van der Waals surface area contributed by atoms with Gasteiger partial charge in [0, 0.05) is 28.9 Å². The van der Waals surface area contributed by atoms with E-state index >= 15 is 0 Å². The van der Waals surface area contributed by atoms with Crippen LogP contribution in [-0.2, 0) is 7.05 Å². The van der Waals surface area contributed by atoms with Gasteiger partial charge >= 0.3 is 5.97 Å². The van der Waals surface area contributed by atoms with Crippen LogP contribution in [0.3, 0.4) is 0 Å². The first-order chi connectivity index (χ1) is 8.41. The van der Waals surface area contributed by atoms with E-state index in [9.17, 15) is 4.79 Å². The van der Waals surface area contributed by atoms with Crippen molar-refractivity contribution in [3.8, 4) is 11.1 Å². The summed E-state index contributed by atoms with van der Waals surface area (Å²) in [7, 11) is 1.87. The van der Waals surface area contributed by atoms with Gasteiger partial charge in [-0.15, -0.1) is 0 Å². The molecule has 0 amide bonds. The molecule has 5 heteroatoms. The predicted molar refractivity (Wildman–Crippen MR) is 70.1 cm³/mol. The molecule has 0 aliphatic rings. The number of halogens is 1. The third kappa shape index (κ3) is 1.99. The fraction of sp³-hybridized carbons (Fsp3) is 0.231. The molecule has 1 aromatic heterocycles. The summed E-state index contributed by atoms with van der Waals surface area (Å²) in [6, 6.07) is 4.74. The summed E-state index contributed by atoms with van der Waals surface area (Å²) in [5.41, 5.74) is 3.82. The molecule has 0 bridgehead atoms. The molecule has 1 aromatic carbocycles. The Labute approximate surface area is 110 Å². The number of aromatic nitrogens is 2. The van der Waals surface area contributed by atoms with Crippen LogP contribution in [0.1, 0.15) is 21.7 Å². The Kier molecular flexibility index (Phi) is 3.13. The van der Waals surface area contributed by atoms with Crippen molar-refractivity contribution in [3.05, 3.63) is 40.2 Å². The van der Waals surface area contributed by atoms with Gasteiger partial charge in [0.1, 0.15) is 0 Å². The normalized spacial score (nSPS) is 10.7. The van der Waals surface area contributed by atoms with Gasteiger partial charge in [-0.1, -0.05) is 17.7 Å². The number of aryl methyl sites for hydroxylation is 2. The quantitative estimate of drug-likeness (QED) is 0.907. The van der Waals surface area contributed by atoms with Gasteiger partial charge in [-0.2, -0.15) is 5.10 Å². The topological polar surface area (TPSA) is 55.1 Å². The lowest BCUT2D eigenvalue weighted by Crippen LogP contribution is -1.96. The predicted octanol–water partition coefficient (Wildman–Crippen LogP) is 3.06. The average molecular weight is 265 g/mol. The Morgan fingerprint density at radius 3 is 2.50 bits per heavy atom. The second-order valence-corrected chi connectivity index (χ2v) is 4.58. The maximum atomic E-state index is 10.9. The van der Waals surface area contributed by atoms with Crippen LogP contribution in [0.15, 0.2) is 18.2 Å². The minimum absolute atomic E-state index is 0.183. The number of carboxylic acid groups (broad SMARTS) is 1. The lowest BCUT2D eigenvalue weighted by molar-refractivity contribution is 0.0697. The summed E-state index contributed by atoms with van der Waals surface area (Å²) in [4.78, 5) is 10.9. The van der Waals surface area contributed by atoms with Gasteiger partial charge in [0.05, 0.1) is 11.3 Å². The molecule has 4 nitrogen and oxygen atoms in total. The van der Waals surface area contributed by atoms with Gasteiger partial charge in [0.25, 0.3) is 0 Å². The Bertz CT molecular complexity index is 632. The largest absolute Gasteiger partial charge is 0.478 e. The van der Waals surface area contributed by atoms with Gasteiger partial charge in [-0.05, 0) is 26.0 Å². The van der Waals surface area contributed by atoms with Crippen molar-refractivity contribution >= 4 is 17.6 Å². The lowest BCUT2D eigenvalue weighted by atomic mass is 10.0. The molecule has 2 rings (SSSR count). The zero-order valence-corrected chi connectivity index (χ0v) is 11.1. The maximum Gasteiger partial charge on any atom is 0.335 e. The second kappa shape index (κ2) is 4.46. The standard InChI is InChI=1S/C13H13ClN2O2/c1-7-12(8(2)16(3)15-7)10-5-4-9(13(17)18)6-11(10)14/h4-6H,1-3H3,(H,17,18). The van der Waals surface area contributed by atoms with Crippen molar-refractivity contribution in [2.45, 2.75) is 13.8 Å². The zero-order valence-electron chi connectivity index (χ0n) is 10.4. The van der Waals surface area contributed by atoms with Crippen molar-refractivity contribution in [1.29, 1.82) is 0 Å². The summed E-state index contributed by atoms with van der Waals surface area (Å²) in [6.45, 7) is 3.86. The van der Waals surface area contributed by atoms with Gasteiger partial charge in [0.15, 0.2) is 0 Å². The van der Waals surface area contributed by atoms with E-state index in [1.54, 1.807) is 16.8 Å². The third-order valence-corrected chi connectivity index (χ3v) is 3.31. The van der Waals surface area contributed by atoms with Crippen molar-refractivity contribution in [2.24, 2.45) is 7.05 Å².